The van der Waals surface area contributed by atoms with E-state index in [0.29, 0.717) is 5.76 Å². The zero-order valence-corrected chi connectivity index (χ0v) is 8.71. The number of rotatable bonds is 4. The average molecular weight is 204 g/mol. The van der Waals surface area contributed by atoms with Crippen LogP contribution in [0.25, 0.3) is 0 Å². The monoisotopic (exact) mass is 204 g/mol. The van der Waals surface area contributed by atoms with Gasteiger partial charge in [-0.1, -0.05) is 19.2 Å². The molecule has 0 heterocycles. The largest absolute Gasteiger partial charge is 0.457 e. The summed E-state index contributed by atoms with van der Waals surface area (Å²) >= 11 is 4.18. The first-order valence-electron chi connectivity index (χ1n) is 4.18. The van der Waals surface area contributed by atoms with E-state index < -0.39 is 0 Å². The van der Waals surface area contributed by atoms with E-state index in [1.54, 1.807) is 18.2 Å². The fraction of sp³-hybridized carbons (Fsp3) is 0. The summed E-state index contributed by atoms with van der Waals surface area (Å²) in [6, 6.07) is 7.44. The van der Waals surface area contributed by atoms with Gasteiger partial charge in [0.2, 0.25) is 0 Å². The van der Waals surface area contributed by atoms with Crippen LogP contribution in [-0.2, 0) is 0 Å². The Morgan fingerprint density at radius 2 is 1.86 bits per heavy atom. The Morgan fingerprint density at radius 3 is 2.36 bits per heavy atom. The Bertz CT molecular complexity index is 349. The van der Waals surface area contributed by atoms with Crippen LogP contribution in [-0.4, -0.2) is 0 Å². The number of hydrogen-bond donors (Lipinski definition) is 1. The second-order valence-corrected chi connectivity index (χ2v) is 3.12. The maximum Gasteiger partial charge on any atom is 0.127 e. The predicted molar refractivity (Wildman–Crippen MR) is 62.8 cm³/mol. The van der Waals surface area contributed by atoms with E-state index in [2.05, 4.69) is 25.8 Å². The third-order valence-corrected chi connectivity index (χ3v) is 1.85. The Kier molecular flexibility index (Phi) is 4.08. The highest BCUT2D eigenvalue weighted by atomic mass is 32.1. The molecule has 72 valence electrons. The topological polar surface area (TPSA) is 9.23 Å². The molecule has 14 heavy (non-hydrogen) atoms. The number of hydrogen-bond acceptors (Lipinski definition) is 2. The van der Waals surface area contributed by atoms with Crippen molar-refractivity contribution in [1.29, 1.82) is 0 Å². The molecular formula is C12H12OS. The van der Waals surface area contributed by atoms with Crippen molar-refractivity contribution in [3.63, 3.8) is 0 Å². The van der Waals surface area contributed by atoms with E-state index in [4.69, 9.17) is 4.74 Å². The molecule has 1 aromatic rings. The lowest BCUT2D eigenvalue weighted by molar-refractivity contribution is 0.444. The van der Waals surface area contributed by atoms with Crippen molar-refractivity contribution in [2.75, 3.05) is 0 Å². The molecule has 0 atom stereocenters. The summed E-state index contributed by atoms with van der Waals surface area (Å²) in [6.45, 7) is 7.22. The van der Waals surface area contributed by atoms with E-state index in [1.165, 1.54) is 0 Å². The van der Waals surface area contributed by atoms with Crippen LogP contribution >= 0.6 is 12.6 Å². The number of thiol groups is 1. The number of ether oxygens (including phenoxy) is 1. The van der Waals surface area contributed by atoms with Crippen LogP contribution < -0.4 is 4.74 Å². The molecule has 0 bridgehead atoms. The smallest absolute Gasteiger partial charge is 0.127 e. The second kappa shape index (κ2) is 5.35. The molecule has 1 nitrogen and oxygen atoms in total. The molecular weight excluding hydrogens is 192 g/mol. The highest BCUT2D eigenvalue weighted by Crippen LogP contribution is 2.17. The van der Waals surface area contributed by atoms with Gasteiger partial charge in [-0.2, -0.15) is 0 Å². The van der Waals surface area contributed by atoms with Crippen LogP contribution in [0.5, 0.6) is 5.75 Å². The molecule has 0 unspecified atom stereocenters. The van der Waals surface area contributed by atoms with Gasteiger partial charge in [0.1, 0.15) is 11.5 Å². The average Bonchev–Trinajstić information content (AvgIpc) is 2.20. The zero-order chi connectivity index (χ0) is 10.4. The van der Waals surface area contributed by atoms with Crippen molar-refractivity contribution >= 4 is 12.6 Å². The van der Waals surface area contributed by atoms with Crippen LogP contribution in [0.2, 0.25) is 0 Å². The highest BCUT2D eigenvalue weighted by Gasteiger charge is 1.94. The third-order valence-electron chi connectivity index (χ3n) is 1.56. The summed E-state index contributed by atoms with van der Waals surface area (Å²) in [5, 5.41) is 0. The lowest BCUT2D eigenvalue weighted by Crippen LogP contribution is -1.90. The van der Waals surface area contributed by atoms with Crippen LogP contribution in [0.3, 0.4) is 0 Å². The zero-order valence-electron chi connectivity index (χ0n) is 7.81. The van der Waals surface area contributed by atoms with Crippen molar-refractivity contribution in [3.05, 3.63) is 61.4 Å². The first kappa shape index (κ1) is 10.7. The molecule has 2 heteroatoms. The summed E-state index contributed by atoms with van der Waals surface area (Å²) < 4.78 is 5.50. The van der Waals surface area contributed by atoms with Crippen LogP contribution in [0.15, 0.2) is 66.3 Å². The standard InChI is InChI=1S/C12H12OS/c1-3-5-10(4-2)13-11-6-8-12(14)9-7-11/h3-9,14H,1-2H2/b10-5+. The van der Waals surface area contributed by atoms with Crippen molar-refractivity contribution in [2.24, 2.45) is 0 Å². The fourth-order valence-electron chi connectivity index (χ4n) is 0.910. The number of allylic oxidation sites excluding steroid dienone is 3. The number of benzene rings is 1. The molecule has 0 spiro atoms. The van der Waals surface area contributed by atoms with Gasteiger partial charge in [0.15, 0.2) is 0 Å². The molecule has 1 rings (SSSR count). The summed E-state index contributed by atoms with van der Waals surface area (Å²) in [5.74, 6) is 1.43. The first-order valence-corrected chi connectivity index (χ1v) is 4.63. The maximum absolute atomic E-state index is 5.50. The molecule has 0 aromatic heterocycles. The molecule has 0 aliphatic rings. The molecule has 0 aliphatic carbocycles. The normalized spacial score (nSPS) is 10.8. The maximum atomic E-state index is 5.50. The van der Waals surface area contributed by atoms with Crippen molar-refractivity contribution in [3.8, 4) is 5.75 Å². The third kappa shape index (κ3) is 3.15. The molecule has 0 saturated carbocycles. The van der Waals surface area contributed by atoms with Gasteiger partial charge >= 0.3 is 0 Å². The summed E-state index contributed by atoms with van der Waals surface area (Å²) in [4.78, 5) is 0.908. The van der Waals surface area contributed by atoms with Gasteiger partial charge in [0, 0.05) is 4.90 Å². The van der Waals surface area contributed by atoms with Crippen molar-refractivity contribution in [1.82, 2.24) is 0 Å². The van der Waals surface area contributed by atoms with E-state index in [0.717, 1.165) is 10.6 Å². The Morgan fingerprint density at radius 1 is 1.21 bits per heavy atom. The van der Waals surface area contributed by atoms with E-state index >= 15 is 0 Å². The van der Waals surface area contributed by atoms with Gasteiger partial charge < -0.3 is 4.74 Å². The van der Waals surface area contributed by atoms with E-state index in [1.807, 2.05) is 24.3 Å². The minimum absolute atomic E-state index is 0.673. The molecule has 0 saturated heterocycles. The lowest BCUT2D eigenvalue weighted by atomic mass is 10.3. The van der Waals surface area contributed by atoms with Gasteiger partial charge in [-0.3, -0.25) is 0 Å². The summed E-state index contributed by atoms with van der Waals surface area (Å²) in [6.07, 6.45) is 5.04. The SMILES string of the molecule is C=C/C=C(\C=C)Oc1ccc(S)cc1. The summed E-state index contributed by atoms with van der Waals surface area (Å²) in [5.41, 5.74) is 0. The predicted octanol–water partition coefficient (Wildman–Crippen LogP) is 3.61. The lowest BCUT2D eigenvalue weighted by Gasteiger charge is -2.05. The van der Waals surface area contributed by atoms with Gasteiger partial charge in [-0.15, -0.1) is 12.6 Å². The Labute approximate surface area is 89.8 Å². The van der Waals surface area contributed by atoms with Crippen LogP contribution in [0, 0.1) is 0 Å². The molecule has 0 N–H and O–H groups in total. The first-order chi connectivity index (χ1) is 6.76. The Balaban J connectivity index is 2.77. The van der Waals surface area contributed by atoms with Crippen LogP contribution in [0.1, 0.15) is 0 Å². The minimum Gasteiger partial charge on any atom is -0.457 e. The molecule has 0 radical (unpaired) electrons. The molecule has 0 amide bonds. The van der Waals surface area contributed by atoms with E-state index in [9.17, 15) is 0 Å². The molecule has 0 aliphatic heterocycles. The fourth-order valence-corrected chi connectivity index (χ4v) is 1.06. The highest BCUT2D eigenvalue weighted by molar-refractivity contribution is 7.80. The van der Waals surface area contributed by atoms with Crippen molar-refractivity contribution in [2.45, 2.75) is 4.90 Å². The van der Waals surface area contributed by atoms with Crippen molar-refractivity contribution < 1.29 is 4.74 Å². The van der Waals surface area contributed by atoms with E-state index in [-0.39, 0.29) is 0 Å². The van der Waals surface area contributed by atoms with Gasteiger partial charge in [-0.25, -0.2) is 0 Å². The Hall–Kier alpha value is -1.41. The second-order valence-electron chi connectivity index (χ2n) is 2.60. The van der Waals surface area contributed by atoms with Crippen LogP contribution in [0.4, 0.5) is 0 Å². The van der Waals surface area contributed by atoms with Gasteiger partial charge in [0.25, 0.3) is 0 Å². The van der Waals surface area contributed by atoms with Gasteiger partial charge in [0.05, 0.1) is 0 Å². The summed E-state index contributed by atoms with van der Waals surface area (Å²) in [7, 11) is 0. The quantitative estimate of drug-likeness (QED) is 0.448. The molecule has 0 fully saturated rings. The van der Waals surface area contributed by atoms with Gasteiger partial charge in [-0.05, 0) is 36.4 Å². The minimum atomic E-state index is 0.673. The molecule has 1 aromatic carbocycles.